The number of quaternary nitrogens is 1. The SMILES string of the molecule is CC/C=C\C/C=C\C/C=C\C/C=C\C/C=C\CCCCCCCCCCCCCCCCCC(=O)NC(COP(=O)([O-])OCC[N+](C)(C)C)C(O)/C=C/CCCCCCCCCCCCCCCCCCCCCCCC. The van der Waals surface area contributed by atoms with Crippen molar-refractivity contribution in [2.75, 3.05) is 40.9 Å². The van der Waals surface area contributed by atoms with Crippen LogP contribution in [0.1, 0.15) is 303 Å². The number of carbonyl (C=O) groups is 1. The monoisotopic (exact) mass is 1100 g/mol. The van der Waals surface area contributed by atoms with Gasteiger partial charge in [-0.15, -0.1) is 0 Å². The Kier molecular flexibility index (Phi) is 57.0. The molecule has 8 nitrogen and oxygen atoms in total. The second-order valence-corrected chi connectivity index (χ2v) is 24.9. The van der Waals surface area contributed by atoms with Gasteiger partial charge < -0.3 is 28.8 Å². The van der Waals surface area contributed by atoms with Gasteiger partial charge in [-0.1, -0.05) is 305 Å². The fourth-order valence-electron chi connectivity index (χ4n) is 9.60. The Morgan fingerprint density at radius 1 is 0.468 bits per heavy atom. The van der Waals surface area contributed by atoms with Crippen molar-refractivity contribution in [3.8, 4) is 0 Å². The number of phosphoric acid groups is 1. The van der Waals surface area contributed by atoms with E-state index in [0.717, 1.165) is 70.6 Å². The van der Waals surface area contributed by atoms with Gasteiger partial charge in [-0.2, -0.15) is 0 Å². The first-order valence-electron chi connectivity index (χ1n) is 32.8. The molecular weight excluding hydrogens is 972 g/mol. The predicted octanol–water partition coefficient (Wildman–Crippen LogP) is 20.0. The number of amides is 1. The number of aliphatic hydroxyl groups is 1. The van der Waals surface area contributed by atoms with Crippen molar-refractivity contribution in [1.82, 2.24) is 5.32 Å². The Morgan fingerprint density at radius 2 is 0.792 bits per heavy atom. The first-order chi connectivity index (χ1) is 37.5. The molecule has 3 unspecified atom stereocenters. The summed E-state index contributed by atoms with van der Waals surface area (Å²) < 4.78 is 23.4. The van der Waals surface area contributed by atoms with Gasteiger partial charge in [0.05, 0.1) is 39.9 Å². The molecule has 450 valence electrons. The van der Waals surface area contributed by atoms with E-state index in [1.165, 1.54) is 212 Å². The molecule has 0 saturated carbocycles. The van der Waals surface area contributed by atoms with Crippen molar-refractivity contribution in [2.45, 2.75) is 315 Å². The number of nitrogens with one attached hydrogen (secondary N) is 1. The van der Waals surface area contributed by atoms with Gasteiger partial charge in [-0.3, -0.25) is 9.36 Å². The Labute approximate surface area is 478 Å². The number of rotatable bonds is 60. The van der Waals surface area contributed by atoms with Crippen molar-refractivity contribution in [2.24, 2.45) is 0 Å². The maximum absolute atomic E-state index is 13.0. The van der Waals surface area contributed by atoms with Gasteiger partial charge in [0.25, 0.3) is 7.82 Å². The molecule has 0 bridgehead atoms. The summed E-state index contributed by atoms with van der Waals surface area (Å²) in [4.78, 5) is 25.6. The molecule has 0 aliphatic heterocycles. The van der Waals surface area contributed by atoms with E-state index in [4.69, 9.17) is 9.05 Å². The van der Waals surface area contributed by atoms with Crippen LogP contribution in [0.15, 0.2) is 72.9 Å². The zero-order valence-electron chi connectivity index (χ0n) is 51.4. The molecule has 0 radical (unpaired) electrons. The largest absolute Gasteiger partial charge is 0.756 e. The highest BCUT2D eigenvalue weighted by molar-refractivity contribution is 7.45. The Bertz CT molecular complexity index is 1480. The predicted molar refractivity (Wildman–Crippen MR) is 334 cm³/mol. The van der Waals surface area contributed by atoms with Crippen LogP contribution in [0, 0.1) is 0 Å². The highest BCUT2D eigenvalue weighted by atomic mass is 31.2. The molecule has 0 aliphatic rings. The van der Waals surface area contributed by atoms with E-state index in [1.807, 2.05) is 27.2 Å². The van der Waals surface area contributed by atoms with Crippen LogP contribution in [0.4, 0.5) is 0 Å². The number of aliphatic hydroxyl groups excluding tert-OH is 1. The summed E-state index contributed by atoms with van der Waals surface area (Å²) >= 11 is 0. The van der Waals surface area contributed by atoms with E-state index in [0.29, 0.717) is 17.4 Å². The lowest BCUT2D eigenvalue weighted by Crippen LogP contribution is -2.45. The maximum atomic E-state index is 13.0. The van der Waals surface area contributed by atoms with Gasteiger partial charge in [0, 0.05) is 6.42 Å². The lowest BCUT2D eigenvalue weighted by molar-refractivity contribution is -0.870. The van der Waals surface area contributed by atoms with Crippen molar-refractivity contribution in [1.29, 1.82) is 0 Å². The highest BCUT2D eigenvalue weighted by Gasteiger charge is 2.23. The number of hydrogen-bond donors (Lipinski definition) is 2. The minimum atomic E-state index is -4.60. The molecule has 0 rings (SSSR count). The molecular formula is C68H127N2O6P. The molecule has 2 N–H and O–H groups in total. The molecule has 9 heteroatoms. The minimum Gasteiger partial charge on any atom is -0.756 e. The van der Waals surface area contributed by atoms with Crippen LogP contribution in [0.2, 0.25) is 0 Å². The van der Waals surface area contributed by atoms with Crippen molar-refractivity contribution in [3.63, 3.8) is 0 Å². The summed E-state index contributed by atoms with van der Waals surface area (Å²) in [6, 6.07) is -0.890. The van der Waals surface area contributed by atoms with Crippen LogP contribution >= 0.6 is 7.82 Å². The third-order valence-electron chi connectivity index (χ3n) is 14.7. The lowest BCUT2D eigenvalue weighted by atomic mass is 10.0. The Balaban J connectivity index is 4.11. The fraction of sp³-hybridized carbons (Fsp3) is 0.809. The Morgan fingerprint density at radius 3 is 1.16 bits per heavy atom. The van der Waals surface area contributed by atoms with Gasteiger partial charge >= 0.3 is 0 Å². The molecule has 0 aliphatic carbocycles. The highest BCUT2D eigenvalue weighted by Crippen LogP contribution is 2.38. The minimum absolute atomic E-state index is 0.00202. The molecule has 1 amide bonds. The van der Waals surface area contributed by atoms with Crippen molar-refractivity contribution < 1.29 is 32.9 Å². The van der Waals surface area contributed by atoms with Crippen LogP contribution in [-0.2, 0) is 18.4 Å². The summed E-state index contributed by atoms with van der Waals surface area (Å²) in [6.07, 6.45) is 81.4. The summed E-state index contributed by atoms with van der Waals surface area (Å²) in [5.41, 5.74) is 0. The molecule has 0 aromatic carbocycles. The van der Waals surface area contributed by atoms with Crippen LogP contribution in [0.5, 0.6) is 0 Å². The third kappa shape index (κ3) is 61.4. The normalized spacial score (nSPS) is 14.2. The second-order valence-electron chi connectivity index (χ2n) is 23.4. The van der Waals surface area contributed by atoms with Crippen LogP contribution in [0.25, 0.3) is 0 Å². The Hall–Kier alpha value is -2.06. The molecule has 77 heavy (non-hydrogen) atoms. The van der Waals surface area contributed by atoms with Crippen molar-refractivity contribution >= 4 is 13.7 Å². The summed E-state index contributed by atoms with van der Waals surface area (Å²) in [6.45, 7) is 4.57. The molecule has 0 fully saturated rings. The van der Waals surface area contributed by atoms with Gasteiger partial charge in [0.2, 0.25) is 5.91 Å². The van der Waals surface area contributed by atoms with E-state index >= 15 is 0 Å². The van der Waals surface area contributed by atoms with Crippen LogP contribution in [-0.4, -0.2) is 68.5 Å². The smallest absolute Gasteiger partial charge is 0.268 e. The van der Waals surface area contributed by atoms with Gasteiger partial charge in [-0.25, -0.2) is 0 Å². The fourth-order valence-corrected chi connectivity index (χ4v) is 10.3. The number of phosphoric ester groups is 1. The van der Waals surface area contributed by atoms with Gasteiger partial charge in [0.15, 0.2) is 0 Å². The standard InChI is InChI=1S/C68H127N2O6P/c1-6-8-10-12-14-16-18-20-22-24-26-28-30-32-33-34-35-36-37-38-40-42-44-46-48-50-52-54-56-58-60-62-68(72)69-66(65-76-77(73,74)75-64-63-70(3,4)5)67(71)61-59-57-55-53-51-49-47-45-43-41-39-31-29-27-25-23-21-19-17-15-13-11-9-7-2/h8,10,14,16,20,22,26,28,32-33,59,61,66-67,71H,6-7,9,11-13,15,17-19,21,23-25,27,29-31,34-58,60,62-65H2,1-5H3,(H-,69,72,73,74)/b10-8-,16-14-,22-20-,28-26-,33-32-,61-59+. The average Bonchev–Trinajstić information content (AvgIpc) is 3.39. The average molecular weight is 1100 g/mol. The second kappa shape index (κ2) is 58.6. The number of unbranched alkanes of at least 4 members (excludes halogenated alkanes) is 37. The zero-order chi connectivity index (χ0) is 56.3. The summed E-state index contributed by atoms with van der Waals surface area (Å²) in [5, 5.41) is 13.9. The quantitative estimate of drug-likeness (QED) is 0.0272. The number of nitrogens with zero attached hydrogens (tertiary/aromatic N) is 1. The molecule has 0 aromatic rings. The number of likely N-dealkylation sites (N-methyl/N-ethyl adjacent to an activating group) is 1. The summed E-state index contributed by atoms with van der Waals surface area (Å²) in [7, 11) is 1.27. The molecule has 0 spiro atoms. The van der Waals surface area contributed by atoms with Crippen LogP contribution in [0.3, 0.4) is 0 Å². The number of carbonyl (C=O) groups excluding carboxylic acids is 1. The zero-order valence-corrected chi connectivity index (χ0v) is 52.3. The number of allylic oxidation sites excluding steroid dienone is 11. The maximum Gasteiger partial charge on any atom is 0.268 e. The lowest BCUT2D eigenvalue weighted by Gasteiger charge is -2.29. The van der Waals surface area contributed by atoms with E-state index < -0.39 is 20.0 Å². The van der Waals surface area contributed by atoms with Crippen molar-refractivity contribution in [3.05, 3.63) is 72.9 Å². The third-order valence-corrected chi connectivity index (χ3v) is 15.6. The van der Waals surface area contributed by atoms with E-state index in [1.54, 1.807) is 6.08 Å². The van der Waals surface area contributed by atoms with Crippen LogP contribution < -0.4 is 10.2 Å². The van der Waals surface area contributed by atoms with Gasteiger partial charge in [-0.05, 0) is 64.2 Å². The summed E-state index contributed by atoms with van der Waals surface area (Å²) in [5.74, 6) is -0.196. The number of hydrogen-bond acceptors (Lipinski definition) is 6. The first-order valence-corrected chi connectivity index (χ1v) is 34.3. The van der Waals surface area contributed by atoms with Gasteiger partial charge in [0.1, 0.15) is 13.2 Å². The molecule has 0 aromatic heterocycles. The molecule has 3 atom stereocenters. The topological polar surface area (TPSA) is 108 Å². The first kappa shape index (κ1) is 74.9. The van der Waals surface area contributed by atoms with E-state index in [9.17, 15) is 19.4 Å². The molecule has 0 saturated heterocycles. The molecule has 0 heterocycles. The van der Waals surface area contributed by atoms with E-state index in [2.05, 4.69) is 79.9 Å². The van der Waals surface area contributed by atoms with E-state index in [-0.39, 0.29) is 19.1 Å².